The Hall–Kier alpha value is -6.69. The number of hydrogen-bond donors (Lipinski definition) is 2. The molecule has 0 radical (unpaired) electrons. The van der Waals surface area contributed by atoms with Crippen molar-refractivity contribution in [3.05, 3.63) is 149 Å². The molecule has 0 spiro atoms. The number of hydrogen-bond acceptors (Lipinski definition) is 16. The zero-order valence-corrected chi connectivity index (χ0v) is 74.1. The van der Waals surface area contributed by atoms with Crippen molar-refractivity contribution < 1.29 is 76.7 Å². The number of aromatic hydroxyl groups is 2. The first-order chi connectivity index (χ1) is 52.0. The Morgan fingerprint density at radius 1 is 0.373 bits per heavy atom. The Bertz CT molecular complexity index is 2910. The number of phenolic OH excluding ortho intramolecular Hbond substituents is 2. The van der Waals surface area contributed by atoms with Gasteiger partial charge in [-0.3, -0.25) is 14.4 Å². The summed E-state index contributed by atoms with van der Waals surface area (Å²) in [5, 5.41) is 18.0. The molecular formula is C94H156O16. The molecule has 2 N–H and O–H groups in total. The zero-order chi connectivity index (χ0) is 83.8. The van der Waals surface area contributed by atoms with E-state index in [1.54, 1.807) is 38.3 Å². The maximum absolute atomic E-state index is 11.7. The largest absolute Gasteiger partial charge is 0.508 e. The number of phenols is 2. The smallest absolute Gasteiger partial charge is 0.313 e. The topological polar surface area (TPSA) is 193 Å². The highest BCUT2D eigenvalue weighted by atomic mass is 16.7. The number of methoxy groups -OCH3 is 1. The van der Waals surface area contributed by atoms with Crippen LogP contribution in [-0.4, -0.2) is 113 Å². The fourth-order valence-electron chi connectivity index (χ4n) is 9.74. The van der Waals surface area contributed by atoms with Gasteiger partial charge in [0.2, 0.25) is 0 Å². The molecule has 5 aromatic rings. The molecule has 0 amide bonds. The average Bonchev–Trinajstić information content (AvgIpc) is 0.909. The van der Waals surface area contributed by atoms with Gasteiger partial charge in [-0.15, -0.1) is 0 Å². The Morgan fingerprint density at radius 2 is 0.664 bits per heavy atom. The van der Waals surface area contributed by atoms with E-state index < -0.39 is 17.1 Å². The van der Waals surface area contributed by atoms with E-state index in [2.05, 4.69) is 118 Å². The minimum atomic E-state index is -0.441. The number of carbonyl (C=O) groups excluding carboxylic acids is 3. The van der Waals surface area contributed by atoms with E-state index in [0.29, 0.717) is 87.3 Å². The summed E-state index contributed by atoms with van der Waals surface area (Å²) in [6, 6.07) is 39.8. The predicted molar refractivity (Wildman–Crippen MR) is 454 cm³/mol. The quantitative estimate of drug-likeness (QED) is 0.0166. The van der Waals surface area contributed by atoms with Gasteiger partial charge >= 0.3 is 17.9 Å². The van der Waals surface area contributed by atoms with Crippen molar-refractivity contribution in [2.75, 3.05) is 53.4 Å². The third-order valence-corrected chi connectivity index (χ3v) is 19.8. The van der Waals surface area contributed by atoms with Gasteiger partial charge in [0, 0.05) is 26.9 Å². The molecule has 1 aliphatic rings. The van der Waals surface area contributed by atoms with Crippen LogP contribution in [0.25, 0.3) is 0 Å². The summed E-state index contributed by atoms with van der Waals surface area (Å²) in [5.41, 5.74) is 5.59. The normalized spacial score (nSPS) is 14.1. The van der Waals surface area contributed by atoms with Gasteiger partial charge in [-0.2, -0.15) is 0 Å². The SMILES string of the molecule is CCC(C)(C)C(=O)OC1CCCCC1.CCC(C)(C)C(=O)OCCOCCOC.CCC(C)c1ccc(O)cc1.CCC(C)c1ccc(O)cc1.CCC(C)c1ccc(OC(C)C)cc1.CCOC(C)OC(=O)C(C)(C)CC.CCOC(C)Oc1ccc(C(C)CC)cc1.CCOC(C)Oc1ccc(C(C)CC)cc1. The molecule has 110 heavy (non-hydrogen) atoms. The highest BCUT2D eigenvalue weighted by Crippen LogP contribution is 2.30. The van der Waals surface area contributed by atoms with E-state index in [1.165, 1.54) is 53.5 Å². The van der Waals surface area contributed by atoms with Gasteiger partial charge in [0.1, 0.15) is 41.5 Å². The first-order valence-electron chi connectivity index (χ1n) is 41.4. The van der Waals surface area contributed by atoms with Crippen molar-refractivity contribution >= 4 is 17.9 Å². The maximum atomic E-state index is 11.7. The van der Waals surface area contributed by atoms with Crippen LogP contribution >= 0.6 is 0 Å². The first-order valence-corrected chi connectivity index (χ1v) is 41.4. The van der Waals surface area contributed by atoms with E-state index in [0.717, 1.165) is 75.0 Å². The van der Waals surface area contributed by atoms with Crippen molar-refractivity contribution in [2.45, 2.75) is 331 Å². The minimum Gasteiger partial charge on any atom is -0.508 e. The highest BCUT2D eigenvalue weighted by molar-refractivity contribution is 5.76. The average molecular weight is 1540 g/mol. The second-order valence-electron chi connectivity index (χ2n) is 30.4. The van der Waals surface area contributed by atoms with E-state index >= 15 is 0 Å². The Kier molecular flexibility index (Phi) is 58.3. The van der Waals surface area contributed by atoms with Crippen molar-refractivity contribution in [3.8, 4) is 28.7 Å². The molecule has 5 aromatic carbocycles. The van der Waals surface area contributed by atoms with E-state index in [4.69, 9.17) is 62.3 Å². The van der Waals surface area contributed by atoms with Crippen LogP contribution in [0.3, 0.4) is 0 Å². The molecule has 16 nitrogen and oxygen atoms in total. The summed E-state index contributed by atoms with van der Waals surface area (Å²) in [7, 11) is 1.62. The molecule has 16 heteroatoms. The van der Waals surface area contributed by atoms with Crippen LogP contribution in [-0.2, 0) is 52.3 Å². The number of benzene rings is 5. The standard InChI is InChI=1S/2C14H22O2.C13H20O.C12H22O2.C11H22O4.C10H20O3.2C10H14O/c2*1-5-11(3)13-7-9-14(10-8-13)16-12(4)15-6-2;1-5-11(4)12-6-8-13(9-7-12)14-10(2)3;1-4-12(2,3)11(13)14-10-8-6-5-7-9-10;1-5-11(2,3)10(12)15-9-8-14-7-6-13-4;1-6-10(4,5)9(11)13-8(3)12-7-2;2*1-3-8(2)9-4-6-10(11)7-5-9/h2*7-12H,5-6H2,1-4H3;6-11H,5H2,1-4H3;10H,4-9H2,1-3H3;5-9H2,1-4H3;8H,6-7H2,1-5H3;2*4-8,11H,3H2,1-2H3. The molecule has 8 unspecified atom stereocenters. The Labute approximate surface area is 669 Å². The summed E-state index contributed by atoms with van der Waals surface area (Å²) >= 11 is 0. The van der Waals surface area contributed by atoms with Crippen LogP contribution in [0.4, 0.5) is 0 Å². The van der Waals surface area contributed by atoms with Gasteiger partial charge in [0.25, 0.3) is 0 Å². The molecule has 1 fully saturated rings. The van der Waals surface area contributed by atoms with Crippen LogP contribution in [0.1, 0.15) is 328 Å². The summed E-state index contributed by atoms with van der Waals surface area (Å²) in [5.74, 6) is 6.05. The second-order valence-corrected chi connectivity index (χ2v) is 30.4. The molecule has 0 heterocycles. The van der Waals surface area contributed by atoms with E-state index in [1.807, 2.05) is 159 Å². The fraction of sp³-hybridized carbons (Fsp3) is 0.649. The van der Waals surface area contributed by atoms with Crippen molar-refractivity contribution in [3.63, 3.8) is 0 Å². The van der Waals surface area contributed by atoms with Crippen molar-refractivity contribution in [1.29, 1.82) is 0 Å². The Morgan fingerprint density at radius 3 is 0.964 bits per heavy atom. The van der Waals surface area contributed by atoms with Gasteiger partial charge in [-0.1, -0.05) is 157 Å². The molecule has 0 aliphatic heterocycles. The number of esters is 3. The van der Waals surface area contributed by atoms with Gasteiger partial charge in [0.15, 0.2) is 18.9 Å². The molecule has 0 saturated heterocycles. The van der Waals surface area contributed by atoms with Gasteiger partial charge in [0.05, 0.1) is 42.2 Å². The summed E-state index contributed by atoms with van der Waals surface area (Å²) in [6.07, 6.45) is 13.7. The zero-order valence-electron chi connectivity index (χ0n) is 74.1. The summed E-state index contributed by atoms with van der Waals surface area (Å²) < 4.78 is 58.2. The lowest BCUT2D eigenvalue weighted by atomic mass is 9.90. The van der Waals surface area contributed by atoms with Crippen molar-refractivity contribution in [1.82, 2.24) is 0 Å². The molecule has 8 atom stereocenters. The lowest BCUT2D eigenvalue weighted by Crippen LogP contribution is -2.31. The van der Waals surface area contributed by atoms with Gasteiger partial charge in [-0.05, 0) is 292 Å². The summed E-state index contributed by atoms with van der Waals surface area (Å²) in [4.78, 5) is 34.7. The first kappa shape index (κ1) is 105. The van der Waals surface area contributed by atoms with Gasteiger partial charge < -0.3 is 62.3 Å². The lowest BCUT2D eigenvalue weighted by Gasteiger charge is -2.27. The van der Waals surface area contributed by atoms with E-state index in [-0.39, 0.29) is 48.1 Å². The van der Waals surface area contributed by atoms with Crippen LogP contribution in [0.5, 0.6) is 28.7 Å². The number of rotatable bonds is 36. The number of carbonyl (C=O) groups is 3. The lowest BCUT2D eigenvalue weighted by molar-refractivity contribution is -0.184. The van der Waals surface area contributed by atoms with E-state index in [9.17, 15) is 14.4 Å². The minimum absolute atomic E-state index is 0.0214. The highest BCUT2D eigenvalue weighted by Gasteiger charge is 2.31. The monoisotopic (exact) mass is 1540 g/mol. The third kappa shape index (κ3) is 48.3. The van der Waals surface area contributed by atoms with Gasteiger partial charge in [-0.25, -0.2) is 0 Å². The molecular weight excluding hydrogens is 1390 g/mol. The molecule has 0 aromatic heterocycles. The summed E-state index contributed by atoms with van der Waals surface area (Å²) in [6.45, 7) is 58.6. The molecule has 1 aliphatic carbocycles. The van der Waals surface area contributed by atoms with Crippen LogP contribution in [0.2, 0.25) is 0 Å². The van der Waals surface area contributed by atoms with Crippen LogP contribution in [0, 0.1) is 16.2 Å². The predicted octanol–water partition coefficient (Wildman–Crippen LogP) is 25.0. The molecule has 0 bridgehead atoms. The molecule has 628 valence electrons. The second kappa shape index (κ2) is 60.9. The molecule has 1 saturated carbocycles. The van der Waals surface area contributed by atoms with Crippen LogP contribution in [0.15, 0.2) is 121 Å². The third-order valence-electron chi connectivity index (χ3n) is 19.8. The number of ether oxygens (including phenoxy) is 11. The molecule has 6 rings (SSSR count). The Balaban J connectivity index is 0. The fourth-order valence-corrected chi connectivity index (χ4v) is 9.74. The van der Waals surface area contributed by atoms with Crippen LogP contribution < -0.4 is 14.2 Å². The van der Waals surface area contributed by atoms with Crippen molar-refractivity contribution in [2.24, 2.45) is 16.2 Å². The maximum Gasteiger partial charge on any atom is 0.313 e.